The van der Waals surface area contributed by atoms with Crippen LogP contribution in [0, 0.1) is 5.92 Å². The van der Waals surface area contributed by atoms with Gasteiger partial charge in [-0.15, -0.1) is 0 Å². The Balaban J connectivity index is 2.48. The number of methoxy groups -OCH3 is 1. The zero-order valence-corrected chi connectivity index (χ0v) is 8.64. The van der Waals surface area contributed by atoms with Crippen LogP contribution >= 0.6 is 11.6 Å². The number of rotatable bonds is 1. The van der Waals surface area contributed by atoms with Gasteiger partial charge in [0, 0.05) is 12.1 Å². The van der Waals surface area contributed by atoms with Crippen molar-refractivity contribution in [2.24, 2.45) is 5.92 Å². The Morgan fingerprint density at radius 1 is 1.46 bits per heavy atom. The van der Waals surface area contributed by atoms with Crippen molar-refractivity contribution in [3.8, 4) is 0 Å². The van der Waals surface area contributed by atoms with Crippen LogP contribution in [0.4, 0.5) is 0 Å². The largest absolute Gasteiger partial charge is 0.376 e. The highest BCUT2D eigenvalue weighted by Gasteiger charge is 2.30. The highest BCUT2D eigenvalue weighted by Crippen LogP contribution is 2.40. The first-order valence-electron chi connectivity index (χ1n) is 4.54. The van der Waals surface area contributed by atoms with Crippen LogP contribution in [0.15, 0.2) is 18.2 Å². The Hall–Kier alpha value is -0.530. The molecule has 0 saturated carbocycles. The molecule has 0 amide bonds. The monoisotopic (exact) mass is 196 g/mol. The third-order valence-corrected chi connectivity index (χ3v) is 3.11. The van der Waals surface area contributed by atoms with E-state index in [0.29, 0.717) is 5.92 Å². The van der Waals surface area contributed by atoms with Crippen LogP contribution in [0.2, 0.25) is 5.02 Å². The number of halogens is 1. The molecule has 0 bridgehead atoms. The number of ether oxygens (including phenoxy) is 1. The summed E-state index contributed by atoms with van der Waals surface area (Å²) in [6.45, 7) is 2.20. The molecule has 0 aliphatic heterocycles. The molecule has 0 N–H and O–H groups in total. The molecule has 2 atom stereocenters. The van der Waals surface area contributed by atoms with Gasteiger partial charge in [-0.25, -0.2) is 0 Å². The highest BCUT2D eigenvalue weighted by atomic mass is 35.5. The van der Waals surface area contributed by atoms with Gasteiger partial charge in [0.2, 0.25) is 0 Å². The van der Waals surface area contributed by atoms with Crippen molar-refractivity contribution in [3.63, 3.8) is 0 Å². The molecule has 0 spiro atoms. The molecule has 1 aromatic carbocycles. The summed E-state index contributed by atoms with van der Waals surface area (Å²) in [6.07, 6.45) is 1.27. The van der Waals surface area contributed by atoms with Crippen molar-refractivity contribution in [2.75, 3.05) is 7.11 Å². The maximum absolute atomic E-state index is 6.10. The molecule has 0 saturated heterocycles. The first-order chi connectivity index (χ1) is 6.24. The Kier molecular flexibility index (Phi) is 2.31. The van der Waals surface area contributed by atoms with Gasteiger partial charge in [0.15, 0.2) is 0 Å². The molecule has 1 aromatic rings. The minimum atomic E-state index is 0.230. The van der Waals surface area contributed by atoms with Gasteiger partial charge in [-0.2, -0.15) is 0 Å². The molecule has 2 rings (SSSR count). The summed E-state index contributed by atoms with van der Waals surface area (Å²) in [5.74, 6) is 0.542. The van der Waals surface area contributed by atoms with Crippen LogP contribution < -0.4 is 0 Å². The first-order valence-corrected chi connectivity index (χ1v) is 4.92. The van der Waals surface area contributed by atoms with Gasteiger partial charge >= 0.3 is 0 Å². The molecule has 0 aromatic heterocycles. The maximum atomic E-state index is 6.10. The zero-order chi connectivity index (χ0) is 9.42. The summed E-state index contributed by atoms with van der Waals surface area (Å²) in [7, 11) is 1.76. The topological polar surface area (TPSA) is 9.23 Å². The third-order valence-electron chi connectivity index (χ3n) is 2.76. The molecule has 70 valence electrons. The lowest BCUT2D eigenvalue weighted by atomic mass is 10.1. The van der Waals surface area contributed by atoms with Gasteiger partial charge < -0.3 is 4.74 Å². The molecule has 1 aliphatic rings. The lowest BCUT2D eigenvalue weighted by molar-refractivity contribution is 0.0695. The third kappa shape index (κ3) is 1.36. The van der Waals surface area contributed by atoms with E-state index in [4.69, 9.17) is 16.3 Å². The SMILES string of the molecule is COC1c2cccc(Cl)c2CC1C. The van der Waals surface area contributed by atoms with Crippen molar-refractivity contribution in [2.45, 2.75) is 19.4 Å². The summed E-state index contributed by atoms with van der Waals surface area (Å²) in [5, 5.41) is 0.879. The number of benzene rings is 1. The molecule has 2 heteroatoms. The average Bonchev–Trinajstić information content (AvgIpc) is 2.43. The van der Waals surface area contributed by atoms with Crippen molar-refractivity contribution < 1.29 is 4.74 Å². The second-order valence-electron chi connectivity index (χ2n) is 3.65. The Morgan fingerprint density at radius 2 is 2.23 bits per heavy atom. The van der Waals surface area contributed by atoms with Gasteiger partial charge in [-0.1, -0.05) is 30.7 Å². The average molecular weight is 197 g/mol. The minimum absolute atomic E-state index is 0.230. The fourth-order valence-electron chi connectivity index (χ4n) is 2.15. The quantitative estimate of drug-likeness (QED) is 0.670. The van der Waals surface area contributed by atoms with Crippen LogP contribution in [0.5, 0.6) is 0 Å². The van der Waals surface area contributed by atoms with Crippen molar-refractivity contribution in [1.29, 1.82) is 0 Å². The molecular formula is C11H13ClO. The van der Waals surface area contributed by atoms with E-state index in [2.05, 4.69) is 13.0 Å². The predicted molar refractivity (Wildman–Crippen MR) is 54.1 cm³/mol. The second kappa shape index (κ2) is 3.32. The van der Waals surface area contributed by atoms with Crippen LogP contribution in [-0.2, 0) is 11.2 Å². The summed E-state index contributed by atoms with van der Waals surface area (Å²) in [6, 6.07) is 6.05. The maximum Gasteiger partial charge on any atom is 0.0853 e. The first kappa shape index (κ1) is 9.04. The molecule has 13 heavy (non-hydrogen) atoms. The van der Waals surface area contributed by atoms with E-state index in [0.717, 1.165) is 11.4 Å². The number of hydrogen-bond donors (Lipinski definition) is 0. The smallest absolute Gasteiger partial charge is 0.0853 e. The standard InChI is InChI=1S/C11H13ClO/c1-7-6-9-8(11(7)13-2)4-3-5-10(9)12/h3-5,7,11H,6H2,1-2H3. The zero-order valence-electron chi connectivity index (χ0n) is 7.88. The van der Waals surface area contributed by atoms with Crippen LogP contribution in [0.1, 0.15) is 24.2 Å². The van der Waals surface area contributed by atoms with E-state index in [1.807, 2.05) is 12.1 Å². The summed E-state index contributed by atoms with van der Waals surface area (Å²) in [5.41, 5.74) is 2.53. The summed E-state index contributed by atoms with van der Waals surface area (Å²) < 4.78 is 5.45. The molecule has 2 unspecified atom stereocenters. The predicted octanol–water partition coefficient (Wildman–Crippen LogP) is 3.22. The molecule has 0 heterocycles. The van der Waals surface area contributed by atoms with E-state index in [1.54, 1.807) is 7.11 Å². The number of hydrogen-bond acceptors (Lipinski definition) is 1. The molecule has 0 fully saturated rings. The molecule has 0 radical (unpaired) electrons. The lowest BCUT2D eigenvalue weighted by Crippen LogP contribution is -2.04. The second-order valence-corrected chi connectivity index (χ2v) is 4.05. The van der Waals surface area contributed by atoms with Gasteiger partial charge in [0.05, 0.1) is 6.10 Å². The van der Waals surface area contributed by atoms with E-state index < -0.39 is 0 Å². The van der Waals surface area contributed by atoms with Crippen LogP contribution in [0.25, 0.3) is 0 Å². The van der Waals surface area contributed by atoms with Gasteiger partial charge in [-0.05, 0) is 29.5 Å². The fourth-order valence-corrected chi connectivity index (χ4v) is 2.41. The summed E-state index contributed by atoms with van der Waals surface area (Å²) in [4.78, 5) is 0. The van der Waals surface area contributed by atoms with Gasteiger partial charge in [-0.3, -0.25) is 0 Å². The molecule has 1 aliphatic carbocycles. The lowest BCUT2D eigenvalue weighted by Gasteiger charge is -2.13. The Bertz CT molecular complexity index is 322. The molecular weight excluding hydrogens is 184 g/mol. The van der Waals surface area contributed by atoms with E-state index in [1.165, 1.54) is 11.1 Å². The Morgan fingerprint density at radius 3 is 2.92 bits per heavy atom. The van der Waals surface area contributed by atoms with Crippen LogP contribution in [-0.4, -0.2) is 7.11 Å². The van der Waals surface area contributed by atoms with Gasteiger partial charge in [0.25, 0.3) is 0 Å². The fraction of sp³-hybridized carbons (Fsp3) is 0.455. The minimum Gasteiger partial charge on any atom is -0.376 e. The van der Waals surface area contributed by atoms with E-state index in [-0.39, 0.29) is 6.10 Å². The summed E-state index contributed by atoms with van der Waals surface area (Å²) >= 11 is 6.10. The van der Waals surface area contributed by atoms with E-state index >= 15 is 0 Å². The normalized spacial score (nSPS) is 26.1. The highest BCUT2D eigenvalue weighted by molar-refractivity contribution is 6.31. The number of fused-ring (bicyclic) bond motifs is 1. The van der Waals surface area contributed by atoms with E-state index in [9.17, 15) is 0 Å². The molecule has 1 nitrogen and oxygen atoms in total. The van der Waals surface area contributed by atoms with Crippen LogP contribution in [0.3, 0.4) is 0 Å². The van der Waals surface area contributed by atoms with Crippen molar-refractivity contribution in [3.05, 3.63) is 34.3 Å². The van der Waals surface area contributed by atoms with Crippen molar-refractivity contribution >= 4 is 11.6 Å². The van der Waals surface area contributed by atoms with Gasteiger partial charge in [0.1, 0.15) is 0 Å². The van der Waals surface area contributed by atoms with Crippen molar-refractivity contribution in [1.82, 2.24) is 0 Å². The Labute approximate surface area is 83.7 Å².